The van der Waals surface area contributed by atoms with Gasteiger partial charge >= 0.3 is 5.97 Å². The molecule has 172 valence electrons. The van der Waals surface area contributed by atoms with Gasteiger partial charge in [-0.05, 0) is 47.4 Å². The van der Waals surface area contributed by atoms with Gasteiger partial charge in [0, 0.05) is 12.3 Å². The smallest absolute Gasteiger partial charge is 0.336 e. The minimum atomic E-state index is -0.943. The van der Waals surface area contributed by atoms with Crippen LogP contribution in [0.25, 0.3) is 11.1 Å². The fourth-order valence-corrected chi connectivity index (χ4v) is 4.90. The van der Waals surface area contributed by atoms with E-state index in [0.717, 1.165) is 36.8 Å². The van der Waals surface area contributed by atoms with E-state index in [-0.39, 0.29) is 17.3 Å². The van der Waals surface area contributed by atoms with Gasteiger partial charge < -0.3 is 5.11 Å². The van der Waals surface area contributed by atoms with Gasteiger partial charge in [-0.1, -0.05) is 75.6 Å². The Labute approximate surface area is 194 Å². The van der Waals surface area contributed by atoms with E-state index in [2.05, 4.69) is 29.0 Å². The molecule has 0 aliphatic heterocycles. The third-order valence-electron chi connectivity index (χ3n) is 7.08. The zero-order valence-electron chi connectivity index (χ0n) is 19.3. The van der Waals surface area contributed by atoms with E-state index < -0.39 is 5.97 Å². The molecule has 0 spiro atoms. The topological polar surface area (TPSA) is 95.9 Å². The molecule has 1 aromatic heterocycles. The lowest BCUT2D eigenvalue weighted by molar-refractivity contribution is 0.0697. The Morgan fingerprint density at radius 3 is 2.61 bits per heavy atom. The summed E-state index contributed by atoms with van der Waals surface area (Å²) in [5, 5.41) is 16.6. The van der Waals surface area contributed by atoms with Crippen LogP contribution in [0.3, 0.4) is 0 Å². The Morgan fingerprint density at radius 2 is 1.88 bits per heavy atom. The van der Waals surface area contributed by atoms with Crippen molar-refractivity contribution in [2.75, 3.05) is 0 Å². The largest absolute Gasteiger partial charge is 0.478 e. The second-order valence-corrected chi connectivity index (χ2v) is 9.20. The summed E-state index contributed by atoms with van der Waals surface area (Å²) in [5.74, 6) is 1.36. The van der Waals surface area contributed by atoms with Crippen LogP contribution in [-0.4, -0.2) is 32.0 Å². The van der Waals surface area contributed by atoms with E-state index in [9.17, 15) is 14.7 Å². The second kappa shape index (κ2) is 10.1. The molecule has 1 aliphatic rings. The standard InChI is InChI=1S/C27H31N3O3/c1-3-17(2)20-7-6-8-21(16-20)25(31)26-28-24(29-30-26)15-18-11-13-19(14-12-18)22-9-4-5-10-23(22)27(32)33/h4-5,9-14,17,20-21H,3,6-8,15-16H2,1-2H3,(H,32,33)(H,28,29,30). The second-order valence-electron chi connectivity index (χ2n) is 9.20. The van der Waals surface area contributed by atoms with Crippen molar-refractivity contribution >= 4 is 11.8 Å². The van der Waals surface area contributed by atoms with Crippen molar-refractivity contribution in [2.24, 2.45) is 17.8 Å². The van der Waals surface area contributed by atoms with Crippen LogP contribution >= 0.6 is 0 Å². The predicted molar refractivity (Wildman–Crippen MR) is 127 cm³/mol. The number of carbonyl (C=O) groups excluding carboxylic acids is 1. The Balaban J connectivity index is 1.43. The molecule has 6 heteroatoms. The summed E-state index contributed by atoms with van der Waals surface area (Å²) >= 11 is 0. The number of aromatic amines is 1. The van der Waals surface area contributed by atoms with Crippen LogP contribution in [0.2, 0.25) is 0 Å². The molecule has 1 saturated carbocycles. The quantitative estimate of drug-likeness (QED) is 0.428. The third-order valence-corrected chi connectivity index (χ3v) is 7.08. The van der Waals surface area contributed by atoms with Gasteiger partial charge in [0.05, 0.1) is 5.56 Å². The van der Waals surface area contributed by atoms with Crippen LogP contribution in [0.15, 0.2) is 48.5 Å². The highest BCUT2D eigenvalue weighted by Crippen LogP contribution is 2.36. The molecule has 0 amide bonds. The van der Waals surface area contributed by atoms with Crippen LogP contribution < -0.4 is 0 Å². The van der Waals surface area contributed by atoms with E-state index in [1.165, 1.54) is 6.42 Å². The van der Waals surface area contributed by atoms with Crippen molar-refractivity contribution in [2.45, 2.75) is 52.4 Å². The minimum Gasteiger partial charge on any atom is -0.478 e. The van der Waals surface area contributed by atoms with E-state index in [0.29, 0.717) is 35.5 Å². The molecule has 2 N–H and O–H groups in total. The molecule has 1 aliphatic carbocycles. The number of rotatable bonds is 8. The monoisotopic (exact) mass is 445 g/mol. The summed E-state index contributed by atoms with van der Waals surface area (Å²) in [6, 6.07) is 14.7. The lowest BCUT2D eigenvalue weighted by atomic mass is 9.73. The van der Waals surface area contributed by atoms with Crippen molar-refractivity contribution in [1.82, 2.24) is 15.2 Å². The summed E-state index contributed by atoms with van der Waals surface area (Å²) in [6.07, 6.45) is 5.86. The molecule has 1 heterocycles. The molecule has 0 bridgehead atoms. The Hall–Kier alpha value is -3.28. The lowest BCUT2D eigenvalue weighted by Crippen LogP contribution is -2.27. The lowest BCUT2D eigenvalue weighted by Gasteiger charge is -2.31. The van der Waals surface area contributed by atoms with Crippen LogP contribution in [-0.2, 0) is 6.42 Å². The Bertz CT molecular complexity index is 1120. The van der Waals surface area contributed by atoms with E-state index in [1.54, 1.807) is 12.1 Å². The highest BCUT2D eigenvalue weighted by molar-refractivity contribution is 5.96. The number of Topliss-reactive ketones (excluding diaryl/α,β-unsaturated/α-hetero) is 1. The van der Waals surface area contributed by atoms with Crippen molar-refractivity contribution < 1.29 is 14.7 Å². The molecule has 4 rings (SSSR count). The maximum absolute atomic E-state index is 13.0. The van der Waals surface area contributed by atoms with Crippen LogP contribution in [0.5, 0.6) is 0 Å². The number of carboxylic acid groups (broad SMARTS) is 1. The highest BCUT2D eigenvalue weighted by atomic mass is 16.4. The SMILES string of the molecule is CCC(C)C1CCCC(C(=O)c2n[nH]c(Cc3ccc(-c4ccccc4C(=O)O)cc3)n2)C1. The third kappa shape index (κ3) is 5.21. The molecule has 33 heavy (non-hydrogen) atoms. The fourth-order valence-electron chi connectivity index (χ4n) is 4.90. The molecule has 1 fully saturated rings. The average Bonchev–Trinajstić information content (AvgIpc) is 3.32. The number of carbonyl (C=O) groups is 2. The van der Waals surface area contributed by atoms with Crippen molar-refractivity contribution in [3.8, 4) is 11.1 Å². The van der Waals surface area contributed by atoms with Gasteiger partial charge in [-0.25, -0.2) is 9.78 Å². The van der Waals surface area contributed by atoms with Gasteiger partial charge in [0.25, 0.3) is 0 Å². The minimum absolute atomic E-state index is 0.0231. The first-order valence-electron chi connectivity index (χ1n) is 11.8. The van der Waals surface area contributed by atoms with Crippen molar-refractivity contribution in [3.63, 3.8) is 0 Å². The molecule has 0 saturated heterocycles. The zero-order valence-corrected chi connectivity index (χ0v) is 19.3. The van der Waals surface area contributed by atoms with Crippen molar-refractivity contribution in [1.29, 1.82) is 0 Å². The van der Waals surface area contributed by atoms with E-state index in [1.807, 2.05) is 36.4 Å². The summed E-state index contributed by atoms with van der Waals surface area (Å²) in [7, 11) is 0. The van der Waals surface area contributed by atoms with Gasteiger partial charge in [-0.2, -0.15) is 5.10 Å². The molecule has 0 radical (unpaired) electrons. The Morgan fingerprint density at radius 1 is 1.12 bits per heavy atom. The van der Waals surface area contributed by atoms with Gasteiger partial charge in [0.2, 0.25) is 11.6 Å². The predicted octanol–water partition coefficient (Wildman–Crippen LogP) is 5.80. The molecule has 3 aromatic rings. The molecule has 3 atom stereocenters. The number of H-pyrrole nitrogens is 1. The van der Waals surface area contributed by atoms with E-state index >= 15 is 0 Å². The number of hydrogen-bond acceptors (Lipinski definition) is 4. The number of benzene rings is 2. The van der Waals surface area contributed by atoms with Crippen LogP contribution in [0, 0.1) is 17.8 Å². The number of carboxylic acids is 1. The first-order valence-corrected chi connectivity index (χ1v) is 11.8. The van der Waals surface area contributed by atoms with E-state index in [4.69, 9.17) is 0 Å². The first-order chi connectivity index (χ1) is 16.0. The number of aromatic carboxylic acids is 1. The van der Waals surface area contributed by atoms with Gasteiger partial charge in [0.1, 0.15) is 5.82 Å². The van der Waals surface area contributed by atoms with Crippen LogP contribution in [0.1, 0.15) is 78.3 Å². The summed E-state index contributed by atoms with van der Waals surface area (Å²) in [5.41, 5.74) is 2.82. The fraction of sp³-hybridized carbons (Fsp3) is 0.407. The molecule has 3 unspecified atom stereocenters. The molecule has 2 aromatic carbocycles. The average molecular weight is 446 g/mol. The molecular weight excluding hydrogens is 414 g/mol. The zero-order chi connectivity index (χ0) is 23.4. The number of hydrogen-bond donors (Lipinski definition) is 2. The highest BCUT2D eigenvalue weighted by Gasteiger charge is 2.31. The summed E-state index contributed by atoms with van der Waals surface area (Å²) in [4.78, 5) is 29.0. The Kier molecular flexibility index (Phi) is 7.02. The number of ketones is 1. The van der Waals surface area contributed by atoms with Gasteiger partial charge in [-0.15, -0.1) is 0 Å². The van der Waals surface area contributed by atoms with Gasteiger partial charge in [0.15, 0.2) is 0 Å². The first kappa shape index (κ1) is 22.9. The number of nitrogens with zero attached hydrogens (tertiary/aromatic N) is 2. The number of nitrogens with one attached hydrogen (secondary N) is 1. The molecule has 6 nitrogen and oxygen atoms in total. The van der Waals surface area contributed by atoms with Crippen LogP contribution in [0.4, 0.5) is 0 Å². The summed E-state index contributed by atoms with van der Waals surface area (Å²) < 4.78 is 0. The summed E-state index contributed by atoms with van der Waals surface area (Å²) in [6.45, 7) is 4.50. The maximum Gasteiger partial charge on any atom is 0.336 e. The number of aromatic nitrogens is 3. The normalized spacial score (nSPS) is 19.2. The van der Waals surface area contributed by atoms with Gasteiger partial charge in [-0.3, -0.25) is 9.89 Å². The molecular formula is C27H31N3O3. The maximum atomic E-state index is 13.0. The van der Waals surface area contributed by atoms with Crippen molar-refractivity contribution in [3.05, 3.63) is 71.3 Å².